The highest BCUT2D eigenvalue weighted by atomic mass is 32.2. The quantitative estimate of drug-likeness (QED) is 0.560. The van der Waals surface area contributed by atoms with Crippen molar-refractivity contribution in [1.29, 1.82) is 0 Å². The third kappa shape index (κ3) is 5.17. The topological polar surface area (TPSA) is 104 Å². The van der Waals surface area contributed by atoms with Gasteiger partial charge in [-0.3, -0.25) is 25.2 Å². The second-order valence-electron chi connectivity index (χ2n) is 5.91. The van der Waals surface area contributed by atoms with Gasteiger partial charge in [-0.1, -0.05) is 18.2 Å². The smallest absolute Gasteiger partial charge is 0.269 e. The maximum absolute atomic E-state index is 12.9. The number of benzene rings is 3. The number of anilines is 1. The van der Waals surface area contributed by atoms with Crippen LogP contribution in [-0.4, -0.2) is 20.2 Å². The summed E-state index contributed by atoms with van der Waals surface area (Å²) in [6.45, 7) is 0. The molecular weight excluding hydrogens is 397 g/mol. The van der Waals surface area contributed by atoms with Gasteiger partial charge < -0.3 is 0 Å². The molecule has 3 N–H and O–H groups in total. The summed E-state index contributed by atoms with van der Waals surface area (Å²) in [6.07, 6.45) is 0. The Hall–Kier alpha value is -3.72. The summed E-state index contributed by atoms with van der Waals surface area (Å²) in [7, 11) is -3.80. The number of hydrazine groups is 1. The highest BCUT2D eigenvalue weighted by Gasteiger charge is 2.15. The average Bonchev–Trinajstić information content (AvgIpc) is 2.73. The normalized spacial score (nSPS) is 10.8. The lowest BCUT2D eigenvalue weighted by Gasteiger charge is -2.10. The van der Waals surface area contributed by atoms with E-state index in [9.17, 15) is 22.4 Å². The van der Waals surface area contributed by atoms with Crippen LogP contribution in [0.1, 0.15) is 20.7 Å². The van der Waals surface area contributed by atoms with Gasteiger partial charge in [0, 0.05) is 16.8 Å². The van der Waals surface area contributed by atoms with Crippen molar-refractivity contribution in [3.63, 3.8) is 0 Å². The molecule has 0 saturated heterocycles. The van der Waals surface area contributed by atoms with Crippen molar-refractivity contribution in [2.45, 2.75) is 4.90 Å². The molecule has 0 aliphatic carbocycles. The van der Waals surface area contributed by atoms with Crippen LogP contribution in [0.25, 0.3) is 0 Å². The number of nitrogens with one attached hydrogen (secondary N) is 3. The van der Waals surface area contributed by atoms with E-state index in [1.807, 2.05) is 0 Å². The van der Waals surface area contributed by atoms with Crippen LogP contribution in [-0.2, 0) is 10.0 Å². The SMILES string of the molecule is O=C(NNC(=O)c1ccc(S(=O)(=O)Nc2ccccc2)cc1)c1ccc(F)cc1. The van der Waals surface area contributed by atoms with Crippen LogP contribution in [0.4, 0.5) is 10.1 Å². The first-order valence-corrected chi connectivity index (χ1v) is 9.88. The molecule has 7 nitrogen and oxygen atoms in total. The van der Waals surface area contributed by atoms with Crippen LogP contribution in [0, 0.1) is 5.82 Å². The zero-order valence-corrected chi connectivity index (χ0v) is 15.7. The zero-order valence-electron chi connectivity index (χ0n) is 14.9. The third-order valence-electron chi connectivity index (χ3n) is 3.85. The van der Waals surface area contributed by atoms with E-state index < -0.39 is 27.7 Å². The minimum atomic E-state index is -3.80. The zero-order chi connectivity index (χ0) is 20.9. The van der Waals surface area contributed by atoms with Crippen LogP contribution in [0.3, 0.4) is 0 Å². The van der Waals surface area contributed by atoms with E-state index in [0.717, 1.165) is 12.1 Å². The molecule has 0 aliphatic rings. The lowest BCUT2D eigenvalue weighted by molar-refractivity contribution is 0.0846. The number of halogens is 1. The first-order valence-electron chi connectivity index (χ1n) is 8.39. The van der Waals surface area contributed by atoms with Gasteiger partial charge in [0.1, 0.15) is 5.82 Å². The van der Waals surface area contributed by atoms with Gasteiger partial charge in [0.2, 0.25) is 0 Å². The number of hydrogen-bond donors (Lipinski definition) is 3. The molecule has 0 aliphatic heterocycles. The number of carbonyl (C=O) groups is 2. The Bertz CT molecular complexity index is 1120. The van der Waals surface area contributed by atoms with Crippen molar-refractivity contribution >= 4 is 27.5 Å². The molecule has 3 aromatic rings. The van der Waals surface area contributed by atoms with Crippen LogP contribution >= 0.6 is 0 Å². The summed E-state index contributed by atoms with van der Waals surface area (Å²) in [5, 5.41) is 0. The first kappa shape index (κ1) is 20.0. The fourth-order valence-corrected chi connectivity index (χ4v) is 3.42. The van der Waals surface area contributed by atoms with E-state index in [0.29, 0.717) is 5.69 Å². The Morgan fingerprint density at radius 3 is 1.69 bits per heavy atom. The molecule has 0 radical (unpaired) electrons. The second-order valence-corrected chi connectivity index (χ2v) is 7.59. The predicted molar refractivity (Wildman–Crippen MR) is 105 cm³/mol. The molecule has 0 fully saturated rings. The molecule has 2 amide bonds. The second kappa shape index (κ2) is 8.53. The van der Waals surface area contributed by atoms with E-state index in [1.165, 1.54) is 36.4 Å². The fraction of sp³-hybridized carbons (Fsp3) is 0. The maximum atomic E-state index is 12.9. The molecular formula is C20H16FN3O4S. The molecule has 0 heterocycles. The molecule has 0 atom stereocenters. The minimum absolute atomic E-state index is 0.0201. The van der Waals surface area contributed by atoms with E-state index in [4.69, 9.17) is 0 Å². The van der Waals surface area contributed by atoms with Crippen LogP contribution in [0.5, 0.6) is 0 Å². The largest absolute Gasteiger partial charge is 0.280 e. The van der Waals surface area contributed by atoms with Crippen LogP contribution in [0.2, 0.25) is 0 Å². The number of para-hydroxylation sites is 1. The van der Waals surface area contributed by atoms with Gasteiger partial charge in [0.05, 0.1) is 4.90 Å². The van der Waals surface area contributed by atoms with Gasteiger partial charge in [-0.25, -0.2) is 12.8 Å². The number of rotatable bonds is 5. The van der Waals surface area contributed by atoms with Gasteiger partial charge in [-0.2, -0.15) is 0 Å². The molecule has 0 aromatic heterocycles. The van der Waals surface area contributed by atoms with E-state index in [-0.39, 0.29) is 16.0 Å². The highest BCUT2D eigenvalue weighted by Crippen LogP contribution is 2.16. The Labute approximate surface area is 166 Å². The summed E-state index contributed by atoms with van der Waals surface area (Å²) in [5.74, 6) is -1.74. The Balaban J connectivity index is 1.62. The van der Waals surface area contributed by atoms with Crippen LogP contribution < -0.4 is 15.6 Å². The van der Waals surface area contributed by atoms with E-state index in [2.05, 4.69) is 15.6 Å². The summed E-state index contributed by atoms with van der Waals surface area (Å²) in [4.78, 5) is 24.0. The van der Waals surface area contributed by atoms with Crippen molar-refractivity contribution in [3.8, 4) is 0 Å². The summed E-state index contributed by atoms with van der Waals surface area (Å²) in [5.41, 5.74) is 5.14. The molecule has 0 unspecified atom stereocenters. The first-order chi connectivity index (χ1) is 13.8. The highest BCUT2D eigenvalue weighted by molar-refractivity contribution is 7.92. The number of amides is 2. The molecule has 148 valence electrons. The van der Waals surface area contributed by atoms with Crippen molar-refractivity contribution in [2.24, 2.45) is 0 Å². The van der Waals surface area contributed by atoms with E-state index in [1.54, 1.807) is 30.3 Å². The molecule has 0 spiro atoms. The van der Waals surface area contributed by atoms with Crippen molar-refractivity contribution in [3.05, 3.63) is 95.8 Å². The molecule has 0 bridgehead atoms. The minimum Gasteiger partial charge on any atom is -0.280 e. The molecule has 9 heteroatoms. The summed E-state index contributed by atoms with van der Waals surface area (Å²) in [6, 6.07) is 18.4. The maximum Gasteiger partial charge on any atom is 0.269 e. The van der Waals surface area contributed by atoms with Gasteiger partial charge in [-0.15, -0.1) is 0 Å². The molecule has 3 aromatic carbocycles. The Kier molecular flexibility index (Phi) is 5.89. The monoisotopic (exact) mass is 413 g/mol. The predicted octanol–water partition coefficient (Wildman–Crippen LogP) is 2.70. The van der Waals surface area contributed by atoms with Crippen molar-refractivity contribution in [2.75, 3.05) is 4.72 Å². The third-order valence-corrected chi connectivity index (χ3v) is 5.25. The van der Waals surface area contributed by atoms with Crippen molar-refractivity contribution in [1.82, 2.24) is 10.9 Å². The van der Waals surface area contributed by atoms with Gasteiger partial charge >= 0.3 is 0 Å². The summed E-state index contributed by atoms with van der Waals surface area (Å²) >= 11 is 0. The van der Waals surface area contributed by atoms with Crippen LogP contribution in [0.15, 0.2) is 83.8 Å². The van der Waals surface area contributed by atoms with E-state index >= 15 is 0 Å². The molecule has 29 heavy (non-hydrogen) atoms. The fourth-order valence-electron chi connectivity index (χ4n) is 2.36. The Morgan fingerprint density at radius 2 is 1.17 bits per heavy atom. The lowest BCUT2D eigenvalue weighted by Crippen LogP contribution is -2.41. The van der Waals surface area contributed by atoms with Gasteiger partial charge in [0.25, 0.3) is 21.8 Å². The number of carbonyl (C=O) groups excluding carboxylic acids is 2. The van der Waals surface area contributed by atoms with Crippen molar-refractivity contribution < 1.29 is 22.4 Å². The molecule has 0 saturated carbocycles. The van der Waals surface area contributed by atoms with Gasteiger partial charge in [-0.05, 0) is 60.7 Å². The molecule has 3 rings (SSSR count). The van der Waals surface area contributed by atoms with Gasteiger partial charge in [0.15, 0.2) is 0 Å². The summed E-state index contributed by atoms with van der Waals surface area (Å²) < 4.78 is 40.1. The lowest BCUT2D eigenvalue weighted by atomic mass is 10.2. The number of sulfonamides is 1. The standard InChI is InChI=1S/C20H16FN3O4S/c21-16-10-6-14(7-11-16)19(25)22-23-20(26)15-8-12-18(13-9-15)29(27,28)24-17-4-2-1-3-5-17/h1-13,24H,(H,22,25)(H,23,26). The average molecular weight is 413 g/mol. The Morgan fingerprint density at radius 1 is 0.690 bits per heavy atom. The number of hydrogen-bond acceptors (Lipinski definition) is 4.